The van der Waals surface area contributed by atoms with Gasteiger partial charge in [0.2, 0.25) is 0 Å². The van der Waals surface area contributed by atoms with E-state index < -0.39 is 37.6 Å². The van der Waals surface area contributed by atoms with Gasteiger partial charge < -0.3 is 13.9 Å². The quantitative estimate of drug-likeness (QED) is 0.267. The molecule has 1 heterocycles. The highest BCUT2D eigenvalue weighted by atomic mass is 28.4. The molecular formula is C34H43NO5Si. The van der Waals surface area contributed by atoms with E-state index in [0.717, 1.165) is 15.9 Å². The molecule has 0 unspecified atom stereocenters. The molecule has 0 aliphatic carbocycles. The fourth-order valence-corrected chi connectivity index (χ4v) is 10.7. The van der Waals surface area contributed by atoms with Gasteiger partial charge in [-0.3, -0.25) is 4.90 Å². The number of esters is 1. The number of carbonyl (C=O) groups excluding carboxylic acids is 2. The lowest BCUT2D eigenvalue weighted by Gasteiger charge is -2.44. The van der Waals surface area contributed by atoms with Gasteiger partial charge in [-0.2, -0.15) is 0 Å². The lowest BCUT2D eigenvalue weighted by Crippen LogP contribution is -2.67. The zero-order valence-corrected chi connectivity index (χ0v) is 26.3. The van der Waals surface area contributed by atoms with Crippen LogP contribution in [0.15, 0.2) is 91.0 Å². The van der Waals surface area contributed by atoms with Gasteiger partial charge in [-0.1, -0.05) is 112 Å². The van der Waals surface area contributed by atoms with E-state index in [4.69, 9.17) is 13.9 Å². The molecule has 1 fully saturated rings. The topological polar surface area (TPSA) is 65.1 Å². The van der Waals surface area contributed by atoms with Crippen LogP contribution in [0.1, 0.15) is 53.5 Å². The van der Waals surface area contributed by atoms with Crippen molar-refractivity contribution < 1.29 is 23.5 Å². The summed E-state index contributed by atoms with van der Waals surface area (Å²) < 4.78 is 18.7. The van der Waals surface area contributed by atoms with Gasteiger partial charge >= 0.3 is 12.1 Å². The summed E-state index contributed by atoms with van der Waals surface area (Å²) in [6, 6.07) is 30.5. The molecule has 0 radical (unpaired) electrons. The highest BCUT2D eigenvalue weighted by Crippen LogP contribution is 2.42. The Balaban J connectivity index is 1.86. The predicted octanol–water partition coefficient (Wildman–Crippen LogP) is 5.73. The van der Waals surface area contributed by atoms with Crippen molar-refractivity contribution >= 4 is 30.8 Å². The first kappa shape index (κ1) is 30.5. The van der Waals surface area contributed by atoms with E-state index >= 15 is 0 Å². The maximum Gasteiger partial charge on any atom is 0.411 e. The maximum absolute atomic E-state index is 13.8. The summed E-state index contributed by atoms with van der Waals surface area (Å²) in [4.78, 5) is 29.1. The minimum Gasteiger partial charge on any atom is -0.467 e. The van der Waals surface area contributed by atoms with Gasteiger partial charge in [0.15, 0.2) is 0 Å². The lowest BCUT2D eigenvalue weighted by molar-refractivity contribution is -0.153. The van der Waals surface area contributed by atoms with Crippen LogP contribution in [0.3, 0.4) is 0 Å². The maximum atomic E-state index is 13.8. The molecule has 218 valence electrons. The number of likely N-dealkylation sites (tertiary alicyclic amines) is 1. The summed E-state index contributed by atoms with van der Waals surface area (Å²) >= 11 is 0. The molecule has 0 aromatic heterocycles. The van der Waals surface area contributed by atoms with Gasteiger partial charge in [0.1, 0.15) is 11.1 Å². The van der Waals surface area contributed by atoms with Crippen LogP contribution in [0.25, 0.3) is 0 Å². The molecule has 0 N–H and O–H groups in total. The second kappa shape index (κ2) is 11.8. The van der Waals surface area contributed by atoms with Crippen molar-refractivity contribution in [3.63, 3.8) is 0 Å². The Morgan fingerprint density at radius 1 is 0.829 bits per heavy atom. The Morgan fingerprint density at radius 2 is 1.32 bits per heavy atom. The van der Waals surface area contributed by atoms with Crippen LogP contribution in [0.4, 0.5) is 4.79 Å². The molecular weight excluding hydrogens is 530 g/mol. The number of nitrogens with zero attached hydrogens (tertiary/aromatic N) is 1. The molecule has 3 aromatic rings. The number of rotatable bonds is 7. The fourth-order valence-electron chi connectivity index (χ4n) is 6.07. The van der Waals surface area contributed by atoms with E-state index in [1.807, 2.05) is 87.5 Å². The van der Waals surface area contributed by atoms with Gasteiger partial charge in [-0.15, -0.1) is 0 Å². The summed E-state index contributed by atoms with van der Waals surface area (Å²) in [5.41, 5.74) is -1.09. The molecule has 2 atom stereocenters. The Morgan fingerprint density at radius 3 is 1.76 bits per heavy atom. The Kier molecular flexibility index (Phi) is 8.80. The SMILES string of the molecule is COC(=O)[C@]1(Cc2ccccc2)C[C@@H](O[Si](c2ccccc2)(c2ccccc2)C(C)(C)C)CN1C(=O)OC(C)(C)C. The van der Waals surface area contributed by atoms with E-state index in [9.17, 15) is 9.59 Å². The number of hydrogen-bond donors (Lipinski definition) is 0. The van der Waals surface area contributed by atoms with Crippen LogP contribution in [-0.4, -0.2) is 56.2 Å². The minimum atomic E-state index is -2.96. The van der Waals surface area contributed by atoms with Gasteiger partial charge in [0.25, 0.3) is 8.32 Å². The van der Waals surface area contributed by atoms with Gasteiger partial charge in [-0.05, 0) is 41.7 Å². The molecule has 4 rings (SSSR count). The molecule has 3 aromatic carbocycles. The largest absolute Gasteiger partial charge is 0.467 e. The second-order valence-corrected chi connectivity index (χ2v) is 17.1. The van der Waals surface area contributed by atoms with Crippen LogP contribution >= 0.6 is 0 Å². The second-order valence-electron chi connectivity index (χ2n) is 12.9. The number of amides is 1. The van der Waals surface area contributed by atoms with E-state index in [0.29, 0.717) is 6.42 Å². The molecule has 7 heteroatoms. The van der Waals surface area contributed by atoms with Crippen LogP contribution in [-0.2, 0) is 25.1 Å². The Labute approximate surface area is 245 Å². The van der Waals surface area contributed by atoms with Crippen molar-refractivity contribution in [1.82, 2.24) is 4.90 Å². The minimum absolute atomic E-state index is 0.210. The molecule has 6 nitrogen and oxygen atoms in total. The van der Waals surface area contributed by atoms with Crippen LogP contribution < -0.4 is 10.4 Å². The van der Waals surface area contributed by atoms with Crippen molar-refractivity contribution in [3.8, 4) is 0 Å². The Bertz CT molecular complexity index is 1280. The van der Waals surface area contributed by atoms with E-state index in [1.165, 1.54) is 7.11 Å². The molecule has 0 spiro atoms. The first-order valence-corrected chi connectivity index (χ1v) is 16.1. The molecule has 41 heavy (non-hydrogen) atoms. The van der Waals surface area contributed by atoms with Crippen molar-refractivity contribution in [1.29, 1.82) is 0 Å². The summed E-state index contributed by atoms with van der Waals surface area (Å²) in [5, 5.41) is 2.02. The average molecular weight is 574 g/mol. The van der Waals surface area contributed by atoms with Crippen molar-refractivity contribution in [2.24, 2.45) is 0 Å². The molecule has 1 saturated heterocycles. The van der Waals surface area contributed by atoms with Crippen molar-refractivity contribution in [2.45, 2.75) is 76.7 Å². The monoisotopic (exact) mass is 573 g/mol. The standard InChI is InChI=1S/C34H43NO5Si/c1-32(2,3)39-31(37)35-25-27(24-34(35,30(36)38-7)23-26-17-11-8-12-18-26)40-41(33(4,5)6,28-19-13-9-14-20-28)29-21-15-10-16-22-29/h8-22,27H,23-25H2,1-7H3/t27-,34+/m1/s1. The summed E-state index contributed by atoms with van der Waals surface area (Å²) in [6.07, 6.45) is -0.400. The molecule has 1 amide bonds. The van der Waals surface area contributed by atoms with Crippen LogP contribution in [0.2, 0.25) is 5.04 Å². The first-order chi connectivity index (χ1) is 19.3. The fraction of sp³-hybridized carbons (Fsp3) is 0.412. The third-order valence-electron chi connectivity index (χ3n) is 7.75. The van der Waals surface area contributed by atoms with Crippen LogP contribution in [0.5, 0.6) is 0 Å². The van der Waals surface area contributed by atoms with Gasteiger partial charge in [0.05, 0.1) is 19.8 Å². The molecule has 0 bridgehead atoms. The van der Waals surface area contributed by atoms with Gasteiger partial charge in [-0.25, -0.2) is 9.59 Å². The molecule has 1 aliphatic rings. The summed E-state index contributed by atoms with van der Waals surface area (Å²) in [5.74, 6) is -0.472. The number of benzene rings is 3. The van der Waals surface area contributed by atoms with Crippen LogP contribution in [0, 0.1) is 0 Å². The Hall–Kier alpha value is -3.42. The zero-order chi connectivity index (χ0) is 29.9. The first-order valence-electron chi connectivity index (χ1n) is 14.2. The average Bonchev–Trinajstić information content (AvgIpc) is 3.30. The number of carbonyl (C=O) groups is 2. The lowest BCUT2D eigenvalue weighted by atomic mass is 9.87. The highest BCUT2D eigenvalue weighted by Gasteiger charge is 2.59. The highest BCUT2D eigenvalue weighted by molar-refractivity contribution is 6.99. The normalized spacial score (nSPS) is 19.6. The molecule has 0 saturated carbocycles. The van der Waals surface area contributed by atoms with Crippen molar-refractivity contribution in [3.05, 3.63) is 96.6 Å². The number of ether oxygens (including phenoxy) is 2. The number of methoxy groups -OCH3 is 1. The smallest absolute Gasteiger partial charge is 0.411 e. The third-order valence-corrected chi connectivity index (χ3v) is 12.8. The van der Waals surface area contributed by atoms with E-state index in [-0.39, 0.29) is 18.0 Å². The third kappa shape index (κ3) is 6.26. The van der Waals surface area contributed by atoms with Crippen molar-refractivity contribution in [2.75, 3.05) is 13.7 Å². The van der Waals surface area contributed by atoms with E-state index in [1.54, 1.807) is 4.90 Å². The van der Waals surface area contributed by atoms with Gasteiger partial charge in [0, 0.05) is 12.8 Å². The zero-order valence-electron chi connectivity index (χ0n) is 25.3. The summed E-state index contributed by atoms with van der Waals surface area (Å²) in [6.45, 7) is 12.4. The number of hydrogen-bond acceptors (Lipinski definition) is 5. The van der Waals surface area contributed by atoms with E-state index in [2.05, 4.69) is 45.0 Å². The predicted molar refractivity (Wildman–Crippen MR) is 165 cm³/mol. The summed E-state index contributed by atoms with van der Waals surface area (Å²) in [7, 11) is -1.58. The molecule has 1 aliphatic heterocycles.